The molecule has 17 heteroatoms. The summed E-state index contributed by atoms with van der Waals surface area (Å²) in [4.78, 5) is 77.2. The van der Waals surface area contributed by atoms with E-state index >= 15 is 0 Å². The first-order valence-corrected chi connectivity index (χ1v) is 16.9. The van der Waals surface area contributed by atoms with Gasteiger partial charge < -0.3 is 38.2 Å². The van der Waals surface area contributed by atoms with Crippen LogP contribution in [-0.4, -0.2) is 98.5 Å². The maximum Gasteiger partial charge on any atom is 0.302 e. The molecule has 1 fully saturated rings. The molecule has 0 radical (unpaired) electrons. The second-order valence-electron chi connectivity index (χ2n) is 10.0. The normalized spacial score (nSPS) is 15.2. The minimum atomic E-state index is -1.01. The Morgan fingerprint density at radius 1 is 0.756 bits per heavy atom. The summed E-state index contributed by atoms with van der Waals surface area (Å²) in [5, 5.41) is 0. The number of rotatable bonds is 14. The second kappa shape index (κ2) is 17.9. The van der Waals surface area contributed by atoms with Gasteiger partial charge in [-0.25, -0.2) is 0 Å². The van der Waals surface area contributed by atoms with Crippen LogP contribution in [-0.2, 0) is 59.0 Å². The number of carbonyl (C=O) groups excluding carboxylic acids is 6. The molecule has 1 unspecified atom stereocenters. The van der Waals surface area contributed by atoms with Crippen LogP contribution in [0.4, 0.5) is 5.69 Å². The van der Waals surface area contributed by atoms with Crippen LogP contribution < -0.4 is 4.90 Å². The third-order valence-electron chi connectivity index (χ3n) is 6.08. The Labute approximate surface area is 301 Å². The van der Waals surface area contributed by atoms with Gasteiger partial charge in [-0.2, -0.15) is 0 Å². The first-order chi connectivity index (χ1) is 21.0. The van der Waals surface area contributed by atoms with E-state index in [1.807, 2.05) is 67.8 Å². The number of ether oxygens (including phenoxy) is 6. The molecule has 1 aromatic rings. The minimum Gasteiger partial charge on any atom is -0.464 e. The lowest BCUT2D eigenvalue weighted by atomic mass is 10.1. The average Bonchev–Trinajstić information content (AvgIpc) is 3.29. The first-order valence-electron chi connectivity index (χ1n) is 13.6. The van der Waals surface area contributed by atoms with E-state index in [4.69, 9.17) is 28.4 Å². The van der Waals surface area contributed by atoms with E-state index in [0.29, 0.717) is 22.0 Å². The van der Waals surface area contributed by atoms with Crippen molar-refractivity contribution >= 4 is 109 Å². The van der Waals surface area contributed by atoms with Crippen molar-refractivity contribution < 1.29 is 57.2 Å². The lowest BCUT2D eigenvalue weighted by Crippen LogP contribution is -2.44. The van der Waals surface area contributed by atoms with Crippen molar-refractivity contribution in [1.82, 2.24) is 4.90 Å². The maximum atomic E-state index is 14.2. The Kier molecular flexibility index (Phi) is 15.6. The molecule has 1 atom stereocenters. The summed E-state index contributed by atoms with van der Waals surface area (Å²) in [7, 11) is 0. The largest absolute Gasteiger partial charge is 0.464 e. The number of benzene rings is 1. The molecule has 250 valence electrons. The van der Waals surface area contributed by atoms with Gasteiger partial charge in [0, 0.05) is 40.4 Å². The van der Waals surface area contributed by atoms with Crippen molar-refractivity contribution in [1.29, 1.82) is 0 Å². The summed E-state index contributed by atoms with van der Waals surface area (Å²) in [6.07, 6.45) is -0.997. The molecular weight excluding hydrogens is 937 g/mol. The van der Waals surface area contributed by atoms with Crippen LogP contribution in [0.2, 0.25) is 0 Å². The number of nitrogens with zero attached hydrogens (tertiary/aromatic N) is 2. The van der Waals surface area contributed by atoms with Crippen LogP contribution in [0.3, 0.4) is 0 Å². The standard InChI is InChI=1S/C28H35I3N2O12/c1-15(34)40-10-7-32(8-11-41-16(2)35)27(39)21-22(29)19(13-43-18(4)37)23(30)25(24(21)31)33(9-12-42-17(3)36)26(38)20-14-44-28(5,6)45-20/h20H,7-14H2,1-6H3. The number of halogens is 3. The van der Waals surface area contributed by atoms with Crippen LogP contribution in [0.5, 0.6) is 0 Å². The third-order valence-corrected chi connectivity index (χ3v) is 9.48. The van der Waals surface area contributed by atoms with E-state index in [1.54, 1.807) is 13.8 Å². The Hall–Kier alpha value is -1.85. The van der Waals surface area contributed by atoms with Crippen molar-refractivity contribution in [2.75, 3.05) is 51.0 Å². The van der Waals surface area contributed by atoms with Gasteiger partial charge in [0.05, 0.1) is 41.1 Å². The molecule has 1 aromatic carbocycles. The van der Waals surface area contributed by atoms with E-state index in [2.05, 4.69) is 0 Å². The van der Waals surface area contributed by atoms with Gasteiger partial charge in [-0.3, -0.25) is 28.8 Å². The molecule has 2 amide bonds. The number of hydrogen-bond acceptors (Lipinski definition) is 12. The number of carbonyl (C=O) groups is 6. The van der Waals surface area contributed by atoms with Crippen molar-refractivity contribution in [2.45, 2.75) is 60.0 Å². The molecule has 0 spiro atoms. The van der Waals surface area contributed by atoms with Gasteiger partial charge in [0.25, 0.3) is 11.8 Å². The SMILES string of the molecule is CC(=O)OCCN(CCOC(C)=O)C(=O)c1c(I)c(COC(C)=O)c(I)c(N(CCOC(C)=O)C(=O)C2COC(C)(C)O2)c1I. The molecule has 0 bridgehead atoms. The maximum absolute atomic E-state index is 14.2. The van der Waals surface area contributed by atoms with Gasteiger partial charge in [-0.1, -0.05) is 0 Å². The van der Waals surface area contributed by atoms with E-state index < -0.39 is 47.6 Å². The average molecular weight is 972 g/mol. The summed E-state index contributed by atoms with van der Waals surface area (Å²) < 4.78 is 33.4. The topological polar surface area (TPSA) is 164 Å². The molecule has 1 saturated heterocycles. The Balaban J connectivity index is 2.74. The summed E-state index contributed by atoms with van der Waals surface area (Å²) >= 11 is 5.98. The smallest absolute Gasteiger partial charge is 0.302 e. The van der Waals surface area contributed by atoms with Gasteiger partial charge in [-0.15, -0.1) is 0 Å². The van der Waals surface area contributed by atoms with E-state index in [1.165, 1.54) is 37.5 Å². The fourth-order valence-corrected chi connectivity index (χ4v) is 8.62. The summed E-state index contributed by atoms with van der Waals surface area (Å²) in [5.41, 5.74) is 0.945. The molecular formula is C28H35I3N2O12. The minimum absolute atomic E-state index is 0.0239. The molecule has 1 heterocycles. The zero-order valence-electron chi connectivity index (χ0n) is 25.7. The molecule has 0 aliphatic carbocycles. The highest BCUT2D eigenvalue weighted by Gasteiger charge is 2.41. The second-order valence-corrected chi connectivity index (χ2v) is 13.3. The molecule has 14 nitrogen and oxygen atoms in total. The monoisotopic (exact) mass is 972 g/mol. The van der Waals surface area contributed by atoms with Crippen molar-refractivity contribution in [3.05, 3.63) is 21.8 Å². The molecule has 2 rings (SSSR count). The van der Waals surface area contributed by atoms with Gasteiger partial charge in [0.2, 0.25) is 0 Å². The highest BCUT2D eigenvalue weighted by atomic mass is 127. The van der Waals surface area contributed by atoms with E-state index in [0.717, 1.165) is 0 Å². The molecule has 1 aliphatic rings. The predicted molar refractivity (Wildman–Crippen MR) is 183 cm³/mol. The van der Waals surface area contributed by atoms with Gasteiger partial charge in [0.15, 0.2) is 11.9 Å². The lowest BCUT2D eigenvalue weighted by Gasteiger charge is -2.31. The van der Waals surface area contributed by atoms with Crippen LogP contribution >= 0.6 is 67.8 Å². The Bertz CT molecular complexity index is 1300. The number of amides is 2. The highest BCUT2D eigenvalue weighted by Crippen LogP contribution is 2.40. The summed E-state index contributed by atoms with van der Waals surface area (Å²) in [6.45, 7) is 7.56. The van der Waals surface area contributed by atoms with Gasteiger partial charge in [-0.05, 0) is 81.6 Å². The van der Waals surface area contributed by atoms with Crippen molar-refractivity contribution in [2.24, 2.45) is 0 Å². The summed E-state index contributed by atoms with van der Waals surface area (Å²) in [6, 6.07) is 0. The molecule has 0 aromatic heterocycles. The molecule has 0 N–H and O–H groups in total. The Morgan fingerprint density at radius 2 is 1.24 bits per heavy atom. The van der Waals surface area contributed by atoms with Gasteiger partial charge in [0.1, 0.15) is 26.4 Å². The van der Waals surface area contributed by atoms with Crippen molar-refractivity contribution in [3.63, 3.8) is 0 Å². The Morgan fingerprint density at radius 3 is 1.69 bits per heavy atom. The van der Waals surface area contributed by atoms with Crippen LogP contribution in [0, 0.1) is 10.7 Å². The van der Waals surface area contributed by atoms with E-state index in [-0.39, 0.29) is 58.2 Å². The fraction of sp³-hybridized carbons (Fsp3) is 0.571. The lowest BCUT2D eigenvalue weighted by molar-refractivity contribution is -0.152. The molecule has 45 heavy (non-hydrogen) atoms. The highest BCUT2D eigenvalue weighted by molar-refractivity contribution is 14.1. The summed E-state index contributed by atoms with van der Waals surface area (Å²) in [5.74, 6) is -4.19. The third kappa shape index (κ3) is 11.7. The first kappa shape index (κ1) is 39.3. The number of anilines is 1. The van der Waals surface area contributed by atoms with Crippen LogP contribution in [0.25, 0.3) is 0 Å². The van der Waals surface area contributed by atoms with Crippen LogP contribution in [0.15, 0.2) is 0 Å². The quantitative estimate of drug-likeness (QED) is 0.152. The van der Waals surface area contributed by atoms with E-state index in [9.17, 15) is 28.8 Å². The number of esters is 4. The molecule has 1 aliphatic heterocycles. The fourth-order valence-electron chi connectivity index (χ4n) is 4.09. The zero-order valence-corrected chi connectivity index (χ0v) is 32.1. The predicted octanol–water partition coefficient (Wildman–Crippen LogP) is 3.18. The van der Waals surface area contributed by atoms with Gasteiger partial charge >= 0.3 is 23.9 Å². The van der Waals surface area contributed by atoms with Crippen LogP contribution in [0.1, 0.15) is 57.5 Å². The number of hydrogen-bond donors (Lipinski definition) is 0. The van der Waals surface area contributed by atoms with Crippen molar-refractivity contribution in [3.8, 4) is 0 Å². The zero-order chi connectivity index (χ0) is 34.1. The molecule has 0 saturated carbocycles.